The van der Waals surface area contributed by atoms with Crippen molar-refractivity contribution in [3.63, 3.8) is 0 Å². The molecule has 100 valence electrons. The third kappa shape index (κ3) is 0.857. The second kappa shape index (κ2) is 2.96. The third-order valence-corrected chi connectivity index (χ3v) is 7.96. The number of methoxy groups -OCH3 is 1. The van der Waals surface area contributed by atoms with Crippen molar-refractivity contribution in [3.05, 3.63) is 0 Å². The number of carbonyl (C=O) groups is 1. The highest BCUT2D eigenvalue weighted by Gasteiger charge is 2.87. The largest absolute Gasteiger partial charge is 0.469 e. The Hall–Kier alpha value is -0.530. The molecule has 0 aromatic heterocycles. The van der Waals surface area contributed by atoms with Crippen LogP contribution in [0.15, 0.2) is 0 Å². The summed E-state index contributed by atoms with van der Waals surface area (Å²) >= 11 is 0. The number of carbonyl (C=O) groups excluding carboxylic acids is 1. The SMILES string of the molecule is COC(=O)C(C)[C@H]1CCC2C3C4C[C@H]2C1(C)[C@@]43C. The molecule has 8 atom stereocenters. The zero-order valence-electron chi connectivity index (χ0n) is 11.9. The van der Waals surface area contributed by atoms with Crippen molar-refractivity contribution in [3.8, 4) is 0 Å². The standard InChI is InChI=1S/C16H24O2/c1-8(14(17)18-4)10-6-5-9-11-7-12-13(9)16(12,3)15(10,11)2/h8-13H,5-7H2,1-4H3/t8?,9?,10-,11-,12?,13?,15?,16+/m1/s1. The lowest BCUT2D eigenvalue weighted by atomic mass is 9.56. The van der Waals surface area contributed by atoms with E-state index in [-0.39, 0.29) is 11.9 Å². The highest BCUT2D eigenvalue weighted by molar-refractivity contribution is 5.72. The summed E-state index contributed by atoms with van der Waals surface area (Å²) in [5.41, 5.74) is 0.977. The van der Waals surface area contributed by atoms with Crippen LogP contribution in [0.25, 0.3) is 0 Å². The lowest BCUT2D eigenvalue weighted by Gasteiger charge is -2.48. The van der Waals surface area contributed by atoms with E-state index in [1.54, 1.807) is 0 Å². The van der Waals surface area contributed by atoms with E-state index < -0.39 is 0 Å². The molecule has 0 saturated heterocycles. The maximum Gasteiger partial charge on any atom is 0.308 e. The van der Waals surface area contributed by atoms with Crippen LogP contribution in [0.1, 0.15) is 40.0 Å². The predicted molar refractivity (Wildman–Crippen MR) is 68.7 cm³/mol. The van der Waals surface area contributed by atoms with E-state index in [0.29, 0.717) is 16.7 Å². The highest BCUT2D eigenvalue weighted by Crippen LogP contribution is 2.92. The third-order valence-electron chi connectivity index (χ3n) is 7.96. The summed E-state index contributed by atoms with van der Waals surface area (Å²) in [6.07, 6.45) is 4.06. The molecule has 0 aliphatic heterocycles. The van der Waals surface area contributed by atoms with Gasteiger partial charge < -0.3 is 4.74 Å². The van der Waals surface area contributed by atoms with Gasteiger partial charge in [0, 0.05) is 0 Å². The first-order chi connectivity index (χ1) is 8.47. The van der Waals surface area contributed by atoms with Crippen LogP contribution in [0.5, 0.6) is 0 Å². The fourth-order valence-electron chi connectivity index (χ4n) is 7.17. The Balaban J connectivity index is 1.73. The molecule has 0 heterocycles. The number of hydrogen-bond acceptors (Lipinski definition) is 2. The zero-order chi connectivity index (χ0) is 12.9. The molecule has 5 rings (SSSR count). The van der Waals surface area contributed by atoms with Crippen LogP contribution in [0, 0.1) is 46.3 Å². The van der Waals surface area contributed by atoms with Gasteiger partial charge >= 0.3 is 5.97 Å². The van der Waals surface area contributed by atoms with Crippen LogP contribution in [-0.4, -0.2) is 13.1 Å². The van der Waals surface area contributed by atoms with Gasteiger partial charge in [0.1, 0.15) is 0 Å². The van der Waals surface area contributed by atoms with Gasteiger partial charge in [0.15, 0.2) is 0 Å². The van der Waals surface area contributed by atoms with Crippen LogP contribution < -0.4 is 0 Å². The van der Waals surface area contributed by atoms with E-state index in [1.807, 2.05) is 0 Å². The van der Waals surface area contributed by atoms with Crippen molar-refractivity contribution in [2.75, 3.05) is 7.11 Å². The molecule has 0 spiro atoms. The summed E-state index contributed by atoms with van der Waals surface area (Å²) in [7, 11) is 1.53. The molecule has 5 saturated carbocycles. The van der Waals surface area contributed by atoms with E-state index in [1.165, 1.54) is 26.4 Å². The average molecular weight is 248 g/mol. The maximum absolute atomic E-state index is 12.0. The number of esters is 1. The maximum atomic E-state index is 12.0. The van der Waals surface area contributed by atoms with E-state index in [2.05, 4.69) is 20.8 Å². The van der Waals surface area contributed by atoms with Gasteiger partial charge in [-0.25, -0.2) is 0 Å². The molecule has 5 fully saturated rings. The molecule has 5 aliphatic rings. The first-order valence-corrected chi connectivity index (χ1v) is 7.55. The first kappa shape index (κ1) is 11.3. The Bertz CT molecular complexity index is 431. The van der Waals surface area contributed by atoms with E-state index in [0.717, 1.165) is 23.7 Å². The average Bonchev–Trinajstić information content (AvgIpc) is 2.66. The summed E-state index contributed by atoms with van der Waals surface area (Å²) in [4.78, 5) is 12.0. The monoisotopic (exact) mass is 248 g/mol. The lowest BCUT2D eigenvalue weighted by Crippen LogP contribution is -2.44. The second-order valence-electron chi connectivity index (χ2n) is 7.70. The minimum Gasteiger partial charge on any atom is -0.469 e. The molecule has 5 unspecified atom stereocenters. The smallest absolute Gasteiger partial charge is 0.308 e. The Morgan fingerprint density at radius 1 is 1.22 bits per heavy atom. The van der Waals surface area contributed by atoms with Crippen molar-refractivity contribution in [2.24, 2.45) is 46.3 Å². The number of rotatable bonds is 2. The molecule has 2 heteroatoms. The van der Waals surface area contributed by atoms with Gasteiger partial charge in [0.25, 0.3) is 0 Å². The minimum atomic E-state index is 0.00424. The lowest BCUT2D eigenvalue weighted by molar-refractivity contribution is -0.151. The summed E-state index contributed by atoms with van der Waals surface area (Å²) < 4.78 is 5.01. The summed E-state index contributed by atoms with van der Waals surface area (Å²) in [6, 6.07) is 0. The fraction of sp³-hybridized carbons (Fsp3) is 0.938. The van der Waals surface area contributed by atoms with Gasteiger partial charge in [0.05, 0.1) is 13.0 Å². The fourth-order valence-corrected chi connectivity index (χ4v) is 7.17. The van der Waals surface area contributed by atoms with Gasteiger partial charge in [-0.05, 0) is 59.7 Å². The van der Waals surface area contributed by atoms with Crippen molar-refractivity contribution in [1.82, 2.24) is 0 Å². The zero-order valence-corrected chi connectivity index (χ0v) is 11.9. The number of hydrogen-bond donors (Lipinski definition) is 0. The summed E-state index contributed by atoms with van der Waals surface area (Å²) in [6.45, 7) is 7.12. The molecule has 6 bridgehead atoms. The Morgan fingerprint density at radius 3 is 2.56 bits per heavy atom. The molecule has 2 nitrogen and oxygen atoms in total. The molecule has 0 amide bonds. The quantitative estimate of drug-likeness (QED) is 0.702. The Morgan fingerprint density at radius 2 is 1.94 bits per heavy atom. The highest BCUT2D eigenvalue weighted by atomic mass is 16.5. The Labute approximate surface area is 109 Å². The molecule has 0 N–H and O–H groups in total. The van der Waals surface area contributed by atoms with Gasteiger partial charge in [-0.3, -0.25) is 4.79 Å². The van der Waals surface area contributed by atoms with Crippen LogP contribution in [0.3, 0.4) is 0 Å². The predicted octanol–water partition coefficient (Wildman–Crippen LogP) is 3.11. The van der Waals surface area contributed by atoms with Gasteiger partial charge in [-0.2, -0.15) is 0 Å². The second-order valence-corrected chi connectivity index (χ2v) is 7.70. The molecule has 0 aromatic carbocycles. The van der Waals surface area contributed by atoms with Crippen LogP contribution >= 0.6 is 0 Å². The van der Waals surface area contributed by atoms with Crippen molar-refractivity contribution < 1.29 is 9.53 Å². The first-order valence-electron chi connectivity index (χ1n) is 7.55. The van der Waals surface area contributed by atoms with Gasteiger partial charge in [-0.1, -0.05) is 20.8 Å². The molecular formula is C16H24O2. The van der Waals surface area contributed by atoms with E-state index in [4.69, 9.17) is 4.74 Å². The van der Waals surface area contributed by atoms with Crippen molar-refractivity contribution in [1.29, 1.82) is 0 Å². The topological polar surface area (TPSA) is 26.3 Å². The van der Waals surface area contributed by atoms with Gasteiger partial charge in [0.2, 0.25) is 0 Å². The van der Waals surface area contributed by atoms with Crippen molar-refractivity contribution in [2.45, 2.75) is 40.0 Å². The van der Waals surface area contributed by atoms with E-state index in [9.17, 15) is 4.79 Å². The molecule has 5 aliphatic carbocycles. The summed E-state index contributed by atoms with van der Waals surface area (Å²) in [5, 5.41) is 0. The minimum absolute atomic E-state index is 0.00424. The molecule has 0 radical (unpaired) electrons. The van der Waals surface area contributed by atoms with Gasteiger partial charge in [-0.15, -0.1) is 0 Å². The van der Waals surface area contributed by atoms with Crippen LogP contribution in [0.4, 0.5) is 0 Å². The normalized spacial score (nSPS) is 60.6. The number of ether oxygens (including phenoxy) is 1. The molecule has 0 aromatic rings. The summed E-state index contributed by atoms with van der Waals surface area (Å²) in [5.74, 6) is 4.53. The van der Waals surface area contributed by atoms with Crippen LogP contribution in [0.2, 0.25) is 0 Å². The van der Waals surface area contributed by atoms with Crippen molar-refractivity contribution >= 4 is 5.97 Å². The molecule has 18 heavy (non-hydrogen) atoms. The molecular weight excluding hydrogens is 224 g/mol. The van der Waals surface area contributed by atoms with Crippen LogP contribution in [-0.2, 0) is 9.53 Å². The Kier molecular flexibility index (Phi) is 1.86. The van der Waals surface area contributed by atoms with E-state index >= 15 is 0 Å².